The minimum atomic E-state index is 0.104. The van der Waals surface area contributed by atoms with E-state index in [9.17, 15) is 4.79 Å². The van der Waals surface area contributed by atoms with Gasteiger partial charge in [0.25, 0.3) is 0 Å². The van der Waals surface area contributed by atoms with Crippen LogP contribution in [-0.2, 0) is 4.79 Å². The zero-order chi connectivity index (χ0) is 27.2. The Morgan fingerprint density at radius 1 is 0.947 bits per heavy atom. The number of carbonyl (C=O) groups is 1. The number of rotatable bonds is 11. The normalized spacial score (nSPS) is 15.3. The summed E-state index contributed by atoms with van der Waals surface area (Å²) in [6.45, 7) is 18.9. The zero-order valence-electron chi connectivity index (χ0n) is 23.9. The van der Waals surface area contributed by atoms with Crippen molar-refractivity contribution in [3.05, 3.63) is 53.1 Å². The molecule has 0 spiro atoms. The van der Waals surface area contributed by atoms with Crippen molar-refractivity contribution in [2.24, 2.45) is 0 Å². The summed E-state index contributed by atoms with van der Waals surface area (Å²) in [5.41, 5.74) is 6.00. The lowest BCUT2D eigenvalue weighted by Gasteiger charge is -2.34. The summed E-state index contributed by atoms with van der Waals surface area (Å²) in [6, 6.07) is 13.0. The molecule has 38 heavy (non-hydrogen) atoms. The SMILES string of the molecule is CC(C)c1cc(C(C)C)c(NC(=O)CN2CCN(CCCSc3nc4ccccc4s3)CC2)c(C(C)C)c1. The molecule has 1 aromatic heterocycles. The molecule has 3 aromatic rings. The number of para-hydroxylation sites is 1. The summed E-state index contributed by atoms with van der Waals surface area (Å²) in [4.78, 5) is 22.7. The van der Waals surface area contributed by atoms with Crippen LogP contribution in [0.15, 0.2) is 40.7 Å². The Morgan fingerprint density at radius 3 is 2.18 bits per heavy atom. The van der Waals surface area contributed by atoms with Gasteiger partial charge in [-0.2, -0.15) is 0 Å². The number of hydrogen-bond donors (Lipinski definition) is 1. The number of hydrogen-bond acceptors (Lipinski definition) is 6. The van der Waals surface area contributed by atoms with Crippen LogP contribution in [0, 0.1) is 0 Å². The van der Waals surface area contributed by atoms with Crippen molar-refractivity contribution in [1.29, 1.82) is 0 Å². The maximum atomic E-state index is 13.2. The van der Waals surface area contributed by atoms with Gasteiger partial charge in [-0.05, 0) is 59.5 Å². The predicted octanol–water partition coefficient (Wildman–Crippen LogP) is 7.41. The van der Waals surface area contributed by atoms with Crippen LogP contribution in [0.1, 0.15) is 82.4 Å². The van der Waals surface area contributed by atoms with Crippen molar-refractivity contribution in [3.63, 3.8) is 0 Å². The number of piperazine rings is 1. The van der Waals surface area contributed by atoms with Crippen LogP contribution < -0.4 is 5.32 Å². The van der Waals surface area contributed by atoms with Gasteiger partial charge in [-0.3, -0.25) is 9.69 Å². The average Bonchev–Trinajstić information content (AvgIpc) is 3.30. The highest BCUT2D eigenvalue weighted by molar-refractivity contribution is 8.01. The lowest BCUT2D eigenvalue weighted by atomic mass is 9.87. The van der Waals surface area contributed by atoms with E-state index in [-0.39, 0.29) is 5.91 Å². The Balaban J connectivity index is 1.24. The highest BCUT2D eigenvalue weighted by atomic mass is 32.2. The Morgan fingerprint density at radius 2 is 1.58 bits per heavy atom. The van der Waals surface area contributed by atoms with Gasteiger partial charge in [0.2, 0.25) is 5.91 Å². The third-order valence-corrected chi connectivity index (χ3v) is 9.61. The number of nitrogens with zero attached hydrogens (tertiary/aromatic N) is 3. The van der Waals surface area contributed by atoms with Crippen molar-refractivity contribution in [3.8, 4) is 0 Å². The molecular weight excluding hydrogens is 509 g/mol. The molecule has 1 fully saturated rings. The van der Waals surface area contributed by atoms with Crippen molar-refractivity contribution in [2.75, 3.05) is 50.3 Å². The number of amides is 1. The second kappa shape index (κ2) is 13.4. The summed E-state index contributed by atoms with van der Waals surface area (Å²) < 4.78 is 2.44. The number of anilines is 1. The fraction of sp³-hybridized carbons (Fsp3) is 0.548. The highest BCUT2D eigenvalue weighted by Crippen LogP contribution is 2.36. The smallest absolute Gasteiger partial charge is 0.238 e. The van der Waals surface area contributed by atoms with E-state index >= 15 is 0 Å². The van der Waals surface area contributed by atoms with Gasteiger partial charge in [0, 0.05) is 37.6 Å². The molecule has 0 unspecified atom stereocenters. The van der Waals surface area contributed by atoms with E-state index in [0.29, 0.717) is 24.3 Å². The van der Waals surface area contributed by atoms with Gasteiger partial charge in [-0.15, -0.1) is 11.3 Å². The van der Waals surface area contributed by atoms with Gasteiger partial charge in [0.1, 0.15) is 0 Å². The molecule has 2 aromatic carbocycles. The molecular formula is C31H44N4OS2. The van der Waals surface area contributed by atoms with Crippen molar-refractivity contribution in [1.82, 2.24) is 14.8 Å². The average molecular weight is 553 g/mol. The fourth-order valence-electron chi connectivity index (χ4n) is 5.01. The molecule has 0 saturated carbocycles. The molecule has 5 nitrogen and oxygen atoms in total. The van der Waals surface area contributed by atoms with Crippen LogP contribution in [0.2, 0.25) is 0 Å². The van der Waals surface area contributed by atoms with E-state index in [1.54, 1.807) is 11.3 Å². The molecule has 0 radical (unpaired) electrons. The van der Waals surface area contributed by atoms with Crippen LogP contribution in [0.5, 0.6) is 0 Å². The number of thiazole rings is 1. The zero-order valence-corrected chi connectivity index (χ0v) is 25.6. The Bertz CT molecular complexity index is 1150. The van der Waals surface area contributed by atoms with E-state index in [1.807, 2.05) is 11.8 Å². The van der Waals surface area contributed by atoms with E-state index in [0.717, 1.165) is 56.1 Å². The molecule has 4 rings (SSSR count). The molecule has 1 amide bonds. The van der Waals surface area contributed by atoms with Crippen molar-refractivity contribution in [2.45, 2.75) is 70.1 Å². The van der Waals surface area contributed by atoms with E-state index in [1.165, 1.54) is 25.7 Å². The summed E-state index contributed by atoms with van der Waals surface area (Å²) in [7, 11) is 0. The van der Waals surface area contributed by atoms with Gasteiger partial charge in [-0.1, -0.05) is 77.6 Å². The van der Waals surface area contributed by atoms with Gasteiger partial charge >= 0.3 is 0 Å². The summed E-state index contributed by atoms with van der Waals surface area (Å²) in [5.74, 6) is 2.38. The highest BCUT2D eigenvalue weighted by Gasteiger charge is 2.22. The van der Waals surface area contributed by atoms with Crippen molar-refractivity contribution >= 4 is 44.9 Å². The number of carbonyl (C=O) groups excluding carboxylic acids is 1. The third-order valence-electron chi connectivity index (χ3n) is 7.35. The van der Waals surface area contributed by atoms with Crippen LogP contribution in [0.25, 0.3) is 10.2 Å². The topological polar surface area (TPSA) is 48.5 Å². The molecule has 1 N–H and O–H groups in total. The molecule has 1 saturated heterocycles. The second-order valence-corrected chi connectivity index (χ2v) is 13.7. The van der Waals surface area contributed by atoms with E-state index < -0.39 is 0 Å². The second-order valence-electron chi connectivity index (χ2n) is 11.4. The van der Waals surface area contributed by atoms with Gasteiger partial charge in [-0.25, -0.2) is 4.98 Å². The quantitative estimate of drug-likeness (QED) is 0.198. The Kier molecular flexibility index (Phi) is 10.3. The van der Waals surface area contributed by atoms with Gasteiger partial charge in [0.05, 0.1) is 16.8 Å². The lowest BCUT2D eigenvalue weighted by Crippen LogP contribution is -2.48. The van der Waals surface area contributed by atoms with Crippen LogP contribution in [0.4, 0.5) is 5.69 Å². The minimum absolute atomic E-state index is 0.104. The third kappa shape index (κ3) is 7.59. The summed E-state index contributed by atoms with van der Waals surface area (Å²) in [6.07, 6.45) is 1.16. The minimum Gasteiger partial charge on any atom is -0.324 e. The molecule has 1 aliphatic rings. The maximum Gasteiger partial charge on any atom is 0.238 e. The lowest BCUT2D eigenvalue weighted by molar-refractivity contribution is -0.117. The number of aromatic nitrogens is 1. The molecule has 2 heterocycles. The first kappa shape index (κ1) is 29.1. The van der Waals surface area contributed by atoms with Crippen molar-refractivity contribution < 1.29 is 4.79 Å². The first-order valence-electron chi connectivity index (χ1n) is 14.1. The maximum absolute atomic E-state index is 13.2. The molecule has 0 bridgehead atoms. The Hall–Kier alpha value is -1.93. The van der Waals surface area contributed by atoms with Gasteiger partial charge in [0.15, 0.2) is 4.34 Å². The molecule has 206 valence electrons. The van der Waals surface area contributed by atoms with Gasteiger partial charge < -0.3 is 10.2 Å². The Labute approximate surface area is 237 Å². The molecule has 1 aliphatic heterocycles. The standard InChI is InChI=1S/C31H44N4OS2/c1-21(2)24-18-25(22(3)4)30(26(19-24)23(5)6)33-29(36)20-35-15-13-34(14-16-35)12-9-17-37-31-32-27-10-7-8-11-28(27)38-31/h7-8,10-11,18-19,21-23H,9,12-17,20H2,1-6H3,(H,33,36). The number of benzene rings is 2. The number of fused-ring (bicyclic) bond motifs is 1. The molecule has 0 atom stereocenters. The van der Waals surface area contributed by atoms with E-state index in [2.05, 4.69) is 93.1 Å². The predicted molar refractivity (Wildman–Crippen MR) is 165 cm³/mol. The number of nitrogens with one attached hydrogen (secondary N) is 1. The van der Waals surface area contributed by atoms with Crippen LogP contribution >= 0.6 is 23.1 Å². The summed E-state index contributed by atoms with van der Waals surface area (Å²) >= 11 is 3.66. The molecule has 0 aliphatic carbocycles. The first-order valence-corrected chi connectivity index (χ1v) is 15.9. The van der Waals surface area contributed by atoms with E-state index in [4.69, 9.17) is 4.98 Å². The number of thioether (sulfide) groups is 1. The van der Waals surface area contributed by atoms with Crippen LogP contribution in [-0.4, -0.2) is 65.7 Å². The van der Waals surface area contributed by atoms with Crippen LogP contribution in [0.3, 0.4) is 0 Å². The largest absolute Gasteiger partial charge is 0.324 e. The first-order chi connectivity index (χ1) is 18.2. The monoisotopic (exact) mass is 552 g/mol. The fourth-order valence-corrected chi connectivity index (χ4v) is 7.08. The summed E-state index contributed by atoms with van der Waals surface area (Å²) in [5, 5.41) is 3.33. The molecule has 7 heteroatoms.